The second-order valence-corrected chi connectivity index (χ2v) is 4.26. The minimum Gasteiger partial charge on any atom is -0.494 e. The second kappa shape index (κ2) is 6.56. The molecule has 1 amide bonds. The number of nitrogen functional groups attached to an aromatic ring is 1. The van der Waals surface area contributed by atoms with Gasteiger partial charge in [0.05, 0.1) is 18.4 Å². The van der Waals surface area contributed by atoms with Gasteiger partial charge in [0, 0.05) is 24.9 Å². The van der Waals surface area contributed by atoms with Crippen LogP contribution in [0.4, 0.5) is 5.69 Å². The van der Waals surface area contributed by atoms with Gasteiger partial charge in [0.1, 0.15) is 0 Å². The van der Waals surface area contributed by atoms with Gasteiger partial charge < -0.3 is 15.8 Å². The highest BCUT2D eigenvalue weighted by Gasteiger charge is 2.13. The highest BCUT2D eigenvalue weighted by molar-refractivity contribution is 5.98. The quantitative estimate of drug-likeness (QED) is 0.810. The number of amides is 1. The third-order valence-corrected chi connectivity index (χ3v) is 2.89. The summed E-state index contributed by atoms with van der Waals surface area (Å²) in [7, 11) is 1.50. The van der Waals surface area contributed by atoms with Crippen LogP contribution in [0.2, 0.25) is 0 Å². The van der Waals surface area contributed by atoms with Crippen molar-refractivity contribution in [2.75, 3.05) is 19.4 Å². The summed E-state index contributed by atoms with van der Waals surface area (Å²) in [4.78, 5) is 16.3. The molecule has 20 heavy (non-hydrogen) atoms. The molecule has 2 rings (SSSR count). The highest BCUT2D eigenvalue weighted by atomic mass is 16.5. The van der Waals surface area contributed by atoms with Crippen LogP contribution in [0.25, 0.3) is 0 Å². The predicted molar refractivity (Wildman–Crippen MR) is 77.7 cm³/mol. The number of aromatic nitrogens is 1. The van der Waals surface area contributed by atoms with E-state index in [1.807, 2.05) is 18.2 Å². The molecular formula is C15H17N3O2. The molecule has 0 aliphatic heterocycles. The van der Waals surface area contributed by atoms with Crippen molar-refractivity contribution in [3.8, 4) is 5.75 Å². The Balaban J connectivity index is 1.97. The first-order valence-electron chi connectivity index (χ1n) is 6.33. The van der Waals surface area contributed by atoms with Crippen LogP contribution >= 0.6 is 0 Å². The number of hydrogen-bond donors (Lipinski definition) is 2. The molecule has 5 nitrogen and oxygen atoms in total. The Kier molecular flexibility index (Phi) is 4.55. The van der Waals surface area contributed by atoms with E-state index < -0.39 is 0 Å². The van der Waals surface area contributed by atoms with Crippen LogP contribution in [0.15, 0.2) is 42.6 Å². The summed E-state index contributed by atoms with van der Waals surface area (Å²) in [5.74, 6) is 0.202. The van der Waals surface area contributed by atoms with Crippen LogP contribution in [0.5, 0.6) is 5.75 Å². The number of nitrogens with two attached hydrogens (primary N) is 1. The minimum absolute atomic E-state index is 0.204. The fourth-order valence-corrected chi connectivity index (χ4v) is 1.91. The minimum atomic E-state index is -0.204. The van der Waals surface area contributed by atoms with Crippen molar-refractivity contribution in [2.24, 2.45) is 0 Å². The van der Waals surface area contributed by atoms with Crippen molar-refractivity contribution in [3.05, 3.63) is 53.9 Å². The molecule has 5 heteroatoms. The van der Waals surface area contributed by atoms with E-state index in [1.54, 1.807) is 24.4 Å². The molecule has 0 aliphatic rings. The lowest BCUT2D eigenvalue weighted by Gasteiger charge is -2.11. The number of nitrogens with one attached hydrogen (secondary N) is 1. The molecule has 0 atom stereocenters. The van der Waals surface area contributed by atoms with Crippen molar-refractivity contribution < 1.29 is 9.53 Å². The zero-order valence-corrected chi connectivity index (χ0v) is 11.3. The first-order valence-corrected chi connectivity index (χ1v) is 6.33. The van der Waals surface area contributed by atoms with Crippen LogP contribution in [0, 0.1) is 0 Å². The van der Waals surface area contributed by atoms with Gasteiger partial charge in [-0.15, -0.1) is 0 Å². The molecular weight excluding hydrogens is 254 g/mol. The number of rotatable bonds is 5. The number of para-hydroxylation sites is 1. The molecule has 0 radical (unpaired) electrons. The molecule has 0 saturated carbocycles. The molecule has 2 aromatic rings. The molecule has 0 fully saturated rings. The van der Waals surface area contributed by atoms with E-state index in [2.05, 4.69) is 10.3 Å². The van der Waals surface area contributed by atoms with Gasteiger partial charge in [-0.25, -0.2) is 0 Å². The van der Waals surface area contributed by atoms with Crippen LogP contribution < -0.4 is 15.8 Å². The Labute approximate surface area is 117 Å². The molecule has 1 heterocycles. The van der Waals surface area contributed by atoms with E-state index in [9.17, 15) is 4.79 Å². The van der Waals surface area contributed by atoms with Crippen LogP contribution in [0.1, 0.15) is 16.1 Å². The number of hydrogen-bond acceptors (Lipinski definition) is 4. The van der Waals surface area contributed by atoms with E-state index >= 15 is 0 Å². The molecule has 3 N–H and O–H groups in total. The lowest BCUT2D eigenvalue weighted by Crippen LogP contribution is -2.26. The average Bonchev–Trinajstić information content (AvgIpc) is 2.48. The third kappa shape index (κ3) is 3.26. The number of pyridine rings is 1. The summed E-state index contributed by atoms with van der Waals surface area (Å²) >= 11 is 0. The molecule has 0 aliphatic carbocycles. The van der Waals surface area contributed by atoms with Crippen LogP contribution in [-0.2, 0) is 6.42 Å². The third-order valence-electron chi connectivity index (χ3n) is 2.89. The van der Waals surface area contributed by atoms with E-state index in [4.69, 9.17) is 10.5 Å². The average molecular weight is 271 g/mol. The number of nitrogens with zero attached hydrogens (tertiary/aromatic N) is 1. The summed E-state index contributed by atoms with van der Waals surface area (Å²) in [6, 6.07) is 10.8. The number of carbonyl (C=O) groups excluding carboxylic acids is 1. The van der Waals surface area contributed by atoms with Crippen molar-refractivity contribution in [3.63, 3.8) is 0 Å². The highest BCUT2D eigenvalue weighted by Crippen LogP contribution is 2.25. The maximum Gasteiger partial charge on any atom is 0.255 e. The fraction of sp³-hybridized carbons (Fsp3) is 0.200. The molecule has 1 aromatic carbocycles. The topological polar surface area (TPSA) is 77.2 Å². The zero-order chi connectivity index (χ0) is 14.4. The maximum atomic E-state index is 12.1. The number of ether oxygens (including phenoxy) is 1. The SMILES string of the molecule is COc1c(N)cccc1C(=O)NCCc1ccccn1. The van der Waals surface area contributed by atoms with Gasteiger partial charge in [-0.2, -0.15) is 0 Å². The lowest BCUT2D eigenvalue weighted by molar-refractivity contribution is 0.0951. The van der Waals surface area contributed by atoms with Gasteiger partial charge in [-0.05, 0) is 24.3 Å². The van der Waals surface area contributed by atoms with Crippen LogP contribution in [-0.4, -0.2) is 24.5 Å². The summed E-state index contributed by atoms with van der Waals surface area (Å²) in [5, 5.41) is 2.83. The summed E-state index contributed by atoms with van der Waals surface area (Å²) in [6.45, 7) is 0.508. The summed E-state index contributed by atoms with van der Waals surface area (Å²) < 4.78 is 5.16. The molecule has 0 spiro atoms. The van der Waals surface area contributed by atoms with Crippen LogP contribution in [0.3, 0.4) is 0 Å². The number of benzene rings is 1. The van der Waals surface area contributed by atoms with Gasteiger partial charge >= 0.3 is 0 Å². The number of anilines is 1. The predicted octanol–water partition coefficient (Wildman–Crippen LogP) is 1.64. The van der Waals surface area contributed by atoms with Crippen molar-refractivity contribution in [1.82, 2.24) is 10.3 Å². The van der Waals surface area contributed by atoms with Crippen molar-refractivity contribution >= 4 is 11.6 Å². The molecule has 0 unspecified atom stereocenters. The van der Waals surface area contributed by atoms with Gasteiger partial charge in [0.15, 0.2) is 5.75 Å². The summed E-state index contributed by atoms with van der Waals surface area (Å²) in [5.41, 5.74) is 7.60. The maximum absolute atomic E-state index is 12.1. The molecule has 0 saturated heterocycles. The summed E-state index contributed by atoms with van der Waals surface area (Å²) in [6.07, 6.45) is 2.41. The van der Waals surface area contributed by atoms with E-state index in [1.165, 1.54) is 7.11 Å². The Morgan fingerprint density at radius 3 is 2.85 bits per heavy atom. The molecule has 104 valence electrons. The molecule has 0 bridgehead atoms. The van der Waals surface area contributed by atoms with Gasteiger partial charge in [0.2, 0.25) is 0 Å². The van der Waals surface area contributed by atoms with E-state index in [-0.39, 0.29) is 5.91 Å². The first kappa shape index (κ1) is 13.9. The largest absolute Gasteiger partial charge is 0.494 e. The van der Waals surface area contributed by atoms with Gasteiger partial charge in [-0.1, -0.05) is 12.1 Å². The standard InChI is InChI=1S/C15H17N3O2/c1-20-14-12(6-4-7-13(14)16)15(19)18-10-8-11-5-2-3-9-17-11/h2-7,9H,8,10,16H2,1H3,(H,18,19). The van der Waals surface area contributed by atoms with Gasteiger partial charge in [0.25, 0.3) is 5.91 Å². The Bertz CT molecular complexity index is 585. The normalized spacial score (nSPS) is 10.1. The fourth-order valence-electron chi connectivity index (χ4n) is 1.91. The Morgan fingerprint density at radius 1 is 1.30 bits per heavy atom. The smallest absolute Gasteiger partial charge is 0.255 e. The number of methoxy groups -OCH3 is 1. The second-order valence-electron chi connectivity index (χ2n) is 4.26. The zero-order valence-electron chi connectivity index (χ0n) is 11.3. The van der Waals surface area contributed by atoms with E-state index in [0.29, 0.717) is 30.0 Å². The number of carbonyl (C=O) groups is 1. The Morgan fingerprint density at radius 2 is 2.15 bits per heavy atom. The lowest BCUT2D eigenvalue weighted by atomic mass is 10.1. The van der Waals surface area contributed by atoms with Gasteiger partial charge in [-0.3, -0.25) is 9.78 Å². The van der Waals surface area contributed by atoms with E-state index in [0.717, 1.165) is 5.69 Å². The van der Waals surface area contributed by atoms with Crippen molar-refractivity contribution in [2.45, 2.75) is 6.42 Å². The molecule has 1 aromatic heterocycles. The van der Waals surface area contributed by atoms with Crippen molar-refractivity contribution in [1.29, 1.82) is 0 Å². The monoisotopic (exact) mass is 271 g/mol. The Hall–Kier alpha value is -2.56. The first-order chi connectivity index (χ1) is 9.72.